The summed E-state index contributed by atoms with van der Waals surface area (Å²) >= 11 is 0. The molecule has 0 saturated heterocycles. The van der Waals surface area contributed by atoms with Gasteiger partial charge in [-0.25, -0.2) is 0 Å². The highest BCUT2D eigenvalue weighted by Gasteiger charge is 2.07. The van der Waals surface area contributed by atoms with Crippen LogP contribution in [0.15, 0.2) is 65.9 Å². The number of hydrogen-bond donors (Lipinski definition) is 2. The minimum atomic E-state index is -0.369. The van der Waals surface area contributed by atoms with E-state index in [1.807, 2.05) is 65.4 Å². The molecule has 2 aromatic carbocycles. The molecular formula is C17H16N4O. The van der Waals surface area contributed by atoms with Gasteiger partial charge in [-0.3, -0.25) is 10.2 Å². The summed E-state index contributed by atoms with van der Waals surface area (Å²) in [6.45, 7) is 0.153. The topological polar surface area (TPSA) is 72.4 Å². The molecule has 5 heteroatoms. The van der Waals surface area contributed by atoms with Crippen molar-refractivity contribution in [1.29, 1.82) is 0 Å². The number of hydrazone groups is 1. The van der Waals surface area contributed by atoms with Gasteiger partial charge in [-0.1, -0.05) is 36.4 Å². The Balaban J connectivity index is 1.88. The molecule has 3 rings (SSSR count). The number of primary amides is 1. The Morgan fingerprint density at radius 3 is 2.64 bits per heavy atom. The van der Waals surface area contributed by atoms with Crippen LogP contribution in [0.25, 0.3) is 10.9 Å². The molecule has 0 unspecified atom stereocenters. The molecule has 5 nitrogen and oxygen atoms in total. The SMILES string of the molecule is NC(=O)Cn1cc(C=NNc2ccccc2)c2ccccc21. The maximum absolute atomic E-state index is 11.2. The molecule has 0 aliphatic rings. The van der Waals surface area contributed by atoms with E-state index in [0.717, 1.165) is 22.2 Å². The first-order valence-corrected chi connectivity index (χ1v) is 6.94. The van der Waals surface area contributed by atoms with Gasteiger partial charge in [0.15, 0.2) is 0 Å². The summed E-state index contributed by atoms with van der Waals surface area (Å²) in [5, 5.41) is 5.28. The fourth-order valence-corrected chi connectivity index (χ4v) is 2.37. The van der Waals surface area contributed by atoms with E-state index in [1.165, 1.54) is 0 Å². The normalized spacial score (nSPS) is 11.1. The Kier molecular flexibility index (Phi) is 3.87. The number of nitrogens with zero attached hydrogens (tertiary/aromatic N) is 2. The molecule has 3 aromatic rings. The molecule has 0 saturated carbocycles. The van der Waals surface area contributed by atoms with Crippen LogP contribution in [-0.2, 0) is 11.3 Å². The van der Waals surface area contributed by atoms with Crippen molar-refractivity contribution < 1.29 is 4.79 Å². The number of nitrogens with two attached hydrogens (primary N) is 1. The van der Waals surface area contributed by atoms with Crippen molar-refractivity contribution in [2.45, 2.75) is 6.54 Å². The number of carbonyl (C=O) groups excluding carboxylic acids is 1. The van der Waals surface area contributed by atoms with Crippen LogP contribution in [0.3, 0.4) is 0 Å². The first-order valence-electron chi connectivity index (χ1n) is 6.94. The van der Waals surface area contributed by atoms with E-state index in [4.69, 9.17) is 5.73 Å². The van der Waals surface area contributed by atoms with Crippen molar-refractivity contribution >= 4 is 28.7 Å². The van der Waals surface area contributed by atoms with Gasteiger partial charge in [0.05, 0.1) is 11.9 Å². The lowest BCUT2D eigenvalue weighted by Gasteiger charge is -2.00. The zero-order valence-corrected chi connectivity index (χ0v) is 11.9. The summed E-state index contributed by atoms with van der Waals surface area (Å²) in [5.41, 5.74) is 11.1. The van der Waals surface area contributed by atoms with Gasteiger partial charge in [0.2, 0.25) is 5.91 Å². The van der Waals surface area contributed by atoms with E-state index in [0.29, 0.717) is 0 Å². The summed E-state index contributed by atoms with van der Waals surface area (Å²) in [6, 6.07) is 17.6. The standard InChI is InChI=1S/C17H16N4O/c18-17(22)12-21-11-13(15-8-4-5-9-16(15)21)10-19-20-14-6-2-1-3-7-14/h1-11,20H,12H2,(H2,18,22). The number of nitrogens with one attached hydrogen (secondary N) is 1. The predicted molar refractivity (Wildman–Crippen MR) is 88.8 cm³/mol. The second kappa shape index (κ2) is 6.13. The maximum Gasteiger partial charge on any atom is 0.237 e. The van der Waals surface area contributed by atoms with Crippen LogP contribution in [0.1, 0.15) is 5.56 Å². The molecule has 3 N–H and O–H groups in total. The molecule has 0 aliphatic heterocycles. The van der Waals surface area contributed by atoms with Gasteiger partial charge < -0.3 is 10.3 Å². The fourth-order valence-electron chi connectivity index (χ4n) is 2.37. The fraction of sp³-hybridized carbons (Fsp3) is 0.0588. The molecule has 0 atom stereocenters. The van der Waals surface area contributed by atoms with Gasteiger partial charge in [0, 0.05) is 22.7 Å². The minimum Gasteiger partial charge on any atom is -0.368 e. The third-order valence-corrected chi connectivity index (χ3v) is 3.32. The lowest BCUT2D eigenvalue weighted by atomic mass is 10.2. The van der Waals surface area contributed by atoms with Crippen molar-refractivity contribution in [1.82, 2.24) is 4.57 Å². The first-order chi connectivity index (χ1) is 10.7. The predicted octanol–water partition coefficient (Wildman–Crippen LogP) is 2.57. The number of benzene rings is 2. The summed E-state index contributed by atoms with van der Waals surface area (Å²) in [7, 11) is 0. The zero-order chi connectivity index (χ0) is 15.4. The van der Waals surface area contributed by atoms with Gasteiger partial charge in [-0.05, 0) is 18.2 Å². The third-order valence-electron chi connectivity index (χ3n) is 3.32. The second-order valence-electron chi connectivity index (χ2n) is 4.93. The van der Waals surface area contributed by atoms with E-state index in [2.05, 4.69) is 10.5 Å². The van der Waals surface area contributed by atoms with Crippen molar-refractivity contribution in [2.24, 2.45) is 10.8 Å². The summed E-state index contributed by atoms with van der Waals surface area (Å²) in [4.78, 5) is 11.2. The lowest BCUT2D eigenvalue weighted by Crippen LogP contribution is -2.17. The van der Waals surface area contributed by atoms with Crippen molar-refractivity contribution in [3.05, 3.63) is 66.4 Å². The number of anilines is 1. The van der Waals surface area contributed by atoms with Gasteiger partial charge in [0.1, 0.15) is 6.54 Å². The van der Waals surface area contributed by atoms with Crippen LogP contribution in [0.5, 0.6) is 0 Å². The summed E-state index contributed by atoms with van der Waals surface area (Å²) in [5.74, 6) is -0.369. The quantitative estimate of drug-likeness (QED) is 0.560. The highest BCUT2D eigenvalue weighted by molar-refractivity contribution is 6.00. The Morgan fingerprint density at radius 1 is 1.14 bits per heavy atom. The van der Waals surface area contributed by atoms with E-state index in [-0.39, 0.29) is 12.5 Å². The van der Waals surface area contributed by atoms with Crippen LogP contribution in [0, 0.1) is 0 Å². The number of amides is 1. The number of rotatable bonds is 5. The largest absolute Gasteiger partial charge is 0.368 e. The smallest absolute Gasteiger partial charge is 0.237 e. The van der Waals surface area contributed by atoms with E-state index < -0.39 is 0 Å². The van der Waals surface area contributed by atoms with Gasteiger partial charge in [-0.15, -0.1) is 0 Å². The summed E-state index contributed by atoms with van der Waals surface area (Å²) < 4.78 is 1.83. The molecule has 1 heterocycles. The number of hydrogen-bond acceptors (Lipinski definition) is 3. The molecule has 1 aromatic heterocycles. The van der Waals surface area contributed by atoms with Crippen LogP contribution < -0.4 is 11.2 Å². The van der Waals surface area contributed by atoms with Crippen LogP contribution in [0.2, 0.25) is 0 Å². The van der Waals surface area contributed by atoms with Crippen LogP contribution in [0.4, 0.5) is 5.69 Å². The average molecular weight is 292 g/mol. The van der Waals surface area contributed by atoms with E-state index in [1.54, 1.807) is 6.21 Å². The average Bonchev–Trinajstić information content (AvgIpc) is 2.86. The van der Waals surface area contributed by atoms with Crippen LogP contribution >= 0.6 is 0 Å². The van der Waals surface area contributed by atoms with Crippen LogP contribution in [-0.4, -0.2) is 16.7 Å². The lowest BCUT2D eigenvalue weighted by molar-refractivity contribution is -0.118. The first kappa shape index (κ1) is 13.9. The van der Waals surface area contributed by atoms with Gasteiger partial charge in [-0.2, -0.15) is 5.10 Å². The van der Waals surface area contributed by atoms with E-state index in [9.17, 15) is 4.79 Å². The molecule has 0 radical (unpaired) electrons. The number of aromatic nitrogens is 1. The minimum absolute atomic E-state index is 0.153. The summed E-state index contributed by atoms with van der Waals surface area (Å²) in [6.07, 6.45) is 3.62. The molecule has 0 aliphatic carbocycles. The highest BCUT2D eigenvalue weighted by atomic mass is 16.1. The van der Waals surface area contributed by atoms with Crippen molar-refractivity contribution in [3.63, 3.8) is 0 Å². The third kappa shape index (κ3) is 2.98. The van der Waals surface area contributed by atoms with E-state index >= 15 is 0 Å². The van der Waals surface area contributed by atoms with Gasteiger partial charge >= 0.3 is 0 Å². The molecular weight excluding hydrogens is 276 g/mol. The molecule has 0 bridgehead atoms. The molecule has 22 heavy (non-hydrogen) atoms. The Bertz CT molecular complexity index is 821. The number of para-hydroxylation sites is 2. The Morgan fingerprint density at radius 2 is 1.86 bits per heavy atom. The zero-order valence-electron chi connectivity index (χ0n) is 11.9. The highest BCUT2D eigenvalue weighted by Crippen LogP contribution is 2.20. The van der Waals surface area contributed by atoms with Crippen molar-refractivity contribution in [3.8, 4) is 0 Å². The monoisotopic (exact) mass is 292 g/mol. The molecule has 0 spiro atoms. The number of carbonyl (C=O) groups is 1. The molecule has 1 amide bonds. The number of fused-ring (bicyclic) bond motifs is 1. The maximum atomic E-state index is 11.2. The second-order valence-corrected chi connectivity index (χ2v) is 4.93. The Hall–Kier alpha value is -3.08. The van der Waals surface area contributed by atoms with Crippen molar-refractivity contribution in [2.75, 3.05) is 5.43 Å². The van der Waals surface area contributed by atoms with Gasteiger partial charge in [0.25, 0.3) is 0 Å². The Labute approximate surface area is 128 Å². The molecule has 0 fully saturated rings. The molecule has 110 valence electrons.